The quantitative estimate of drug-likeness (QED) is 0.601. The van der Waals surface area contributed by atoms with E-state index in [1.807, 2.05) is 0 Å². The number of benzene rings is 1. The number of phenolic OH excluding ortho intramolecular Hbond substituents is 1. The van der Waals surface area contributed by atoms with E-state index >= 15 is 0 Å². The lowest BCUT2D eigenvalue weighted by molar-refractivity contribution is -0.134. The molecule has 5 nitrogen and oxygen atoms in total. The van der Waals surface area contributed by atoms with Crippen molar-refractivity contribution in [1.82, 2.24) is 5.32 Å². The van der Waals surface area contributed by atoms with Crippen LogP contribution in [0.25, 0.3) is 0 Å². The lowest BCUT2D eigenvalue weighted by Gasteiger charge is -2.13. The highest BCUT2D eigenvalue weighted by Crippen LogP contribution is 2.24. The first-order valence-corrected chi connectivity index (χ1v) is 6.45. The number of carbonyl (C=O) groups is 1. The van der Waals surface area contributed by atoms with E-state index in [4.69, 9.17) is 9.90 Å². The first-order valence-electron chi connectivity index (χ1n) is 6.45. The van der Waals surface area contributed by atoms with Crippen LogP contribution in [0.3, 0.4) is 0 Å². The van der Waals surface area contributed by atoms with Gasteiger partial charge < -0.3 is 20.6 Å². The van der Waals surface area contributed by atoms with Gasteiger partial charge in [0.1, 0.15) is 11.6 Å². The smallest absolute Gasteiger partial charge is 0.300 e. The predicted molar refractivity (Wildman–Crippen MR) is 74.1 cm³/mol. The molecule has 0 saturated carbocycles. The fourth-order valence-electron chi connectivity index (χ4n) is 1.45. The second-order valence-electron chi connectivity index (χ2n) is 4.30. The highest BCUT2D eigenvalue weighted by atomic mass is 19.1. The monoisotopic (exact) mass is 287 g/mol. The van der Waals surface area contributed by atoms with Crippen molar-refractivity contribution >= 4 is 5.97 Å². The SMILES string of the molecule is CC(=O)O.CCCCNCC(O)c1ccc(F)cc1O. The summed E-state index contributed by atoms with van der Waals surface area (Å²) < 4.78 is 12.7. The summed E-state index contributed by atoms with van der Waals surface area (Å²) in [4.78, 5) is 9.00. The van der Waals surface area contributed by atoms with Crippen molar-refractivity contribution in [2.24, 2.45) is 0 Å². The summed E-state index contributed by atoms with van der Waals surface area (Å²) in [6, 6.07) is 3.63. The Morgan fingerprint density at radius 2 is 2.05 bits per heavy atom. The minimum Gasteiger partial charge on any atom is -0.507 e. The van der Waals surface area contributed by atoms with Crippen LogP contribution in [0.15, 0.2) is 18.2 Å². The molecule has 0 bridgehead atoms. The zero-order chi connectivity index (χ0) is 15.5. The Morgan fingerprint density at radius 1 is 1.45 bits per heavy atom. The van der Waals surface area contributed by atoms with Gasteiger partial charge in [0.15, 0.2) is 0 Å². The standard InChI is InChI=1S/C12H18FNO2.C2H4O2/c1-2-3-6-14-8-12(16)10-5-4-9(13)7-11(10)15;1-2(3)4/h4-5,7,12,14-16H,2-3,6,8H2,1H3;1H3,(H,3,4). The largest absolute Gasteiger partial charge is 0.507 e. The highest BCUT2D eigenvalue weighted by Gasteiger charge is 2.12. The van der Waals surface area contributed by atoms with Crippen LogP contribution in [0.1, 0.15) is 38.4 Å². The van der Waals surface area contributed by atoms with Crippen molar-refractivity contribution in [2.75, 3.05) is 13.1 Å². The van der Waals surface area contributed by atoms with Crippen LogP contribution in [0.5, 0.6) is 5.75 Å². The molecule has 1 atom stereocenters. The van der Waals surface area contributed by atoms with Gasteiger partial charge in [-0.25, -0.2) is 4.39 Å². The van der Waals surface area contributed by atoms with Gasteiger partial charge >= 0.3 is 0 Å². The first-order chi connectivity index (χ1) is 9.38. The predicted octanol–water partition coefficient (Wildman–Crippen LogP) is 2.05. The summed E-state index contributed by atoms with van der Waals surface area (Å²) in [5.74, 6) is -1.54. The Hall–Kier alpha value is -1.66. The molecule has 0 spiro atoms. The molecule has 0 fully saturated rings. The number of phenols is 1. The summed E-state index contributed by atoms with van der Waals surface area (Å²) in [6.45, 7) is 4.36. The molecule has 114 valence electrons. The van der Waals surface area contributed by atoms with Crippen molar-refractivity contribution < 1.29 is 24.5 Å². The summed E-state index contributed by atoms with van der Waals surface area (Å²) in [6.07, 6.45) is 1.32. The maximum atomic E-state index is 12.7. The molecule has 0 aliphatic carbocycles. The van der Waals surface area contributed by atoms with Gasteiger partial charge in [-0.15, -0.1) is 0 Å². The number of aliphatic carboxylic acids is 1. The molecule has 20 heavy (non-hydrogen) atoms. The average molecular weight is 287 g/mol. The Bertz CT molecular complexity index is 408. The van der Waals surface area contributed by atoms with E-state index in [1.165, 1.54) is 12.1 Å². The number of nitrogens with one attached hydrogen (secondary N) is 1. The molecule has 1 rings (SSSR count). The normalized spacial score (nSPS) is 11.4. The number of carboxylic acids is 1. The molecule has 4 N–H and O–H groups in total. The number of aliphatic hydroxyl groups excluding tert-OH is 1. The number of aliphatic hydroxyl groups is 1. The van der Waals surface area contributed by atoms with E-state index in [2.05, 4.69) is 12.2 Å². The second kappa shape index (κ2) is 10.2. The fourth-order valence-corrected chi connectivity index (χ4v) is 1.45. The zero-order valence-corrected chi connectivity index (χ0v) is 11.8. The van der Waals surface area contributed by atoms with E-state index < -0.39 is 17.9 Å². The summed E-state index contributed by atoms with van der Waals surface area (Å²) >= 11 is 0. The van der Waals surface area contributed by atoms with Crippen molar-refractivity contribution in [1.29, 1.82) is 0 Å². The third-order valence-electron chi connectivity index (χ3n) is 2.40. The van der Waals surface area contributed by atoms with Crippen molar-refractivity contribution in [3.05, 3.63) is 29.6 Å². The van der Waals surface area contributed by atoms with Gasteiger partial charge in [-0.3, -0.25) is 4.79 Å². The third kappa shape index (κ3) is 8.44. The lowest BCUT2D eigenvalue weighted by atomic mass is 10.1. The van der Waals surface area contributed by atoms with E-state index in [0.717, 1.165) is 32.4 Å². The Kier molecular flexibility index (Phi) is 9.32. The van der Waals surface area contributed by atoms with E-state index in [1.54, 1.807) is 0 Å². The topological polar surface area (TPSA) is 89.8 Å². The molecular formula is C14H22FNO4. The minimum absolute atomic E-state index is 0.204. The maximum absolute atomic E-state index is 12.7. The third-order valence-corrected chi connectivity index (χ3v) is 2.40. The molecule has 0 amide bonds. The number of rotatable bonds is 6. The summed E-state index contributed by atoms with van der Waals surface area (Å²) in [5, 5.41) is 29.7. The van der Waals surface area contributed by atoms with Crippen LogP contribution >= 0.6 is 0 Å². The van der Waals surface area contributed by atoms with Gasteiger partial charge in [0.05, 0.1) is 6.10 Å². The van der Waals surface area contributed by atoms with Crippen LogP contribution in [-0.2, 0) is 4.79 Å². The molecule has 1 aromatic rings. The van der Waals surface area contributed by atoms with E-state index in [9.17, 15) is 14.6 Å². The number of hydrogen-bond donors (Lipinski definition) is 4. The summed E-state index contributed by atoms with van der Waals surface area (Å²) in [7, 11) is 0. The Morgan fingerprint density at radius 3 is 2.55 bits per heavy atom. The maximum Gasteiger partial charge on any atom is 0.300 e. The van der Waals surface area contributed by atoms with Gasteiger partial charge in [0.2, 0.25) is 0 Å². The molecule has 0 heterocycles. The molecule has 0 aromatic heterocycles. The molecule has 0 radical (unpaired) electrons. The van der Waals surface area contributed by atoms with Crippen LogP contribution in [0, 0.1) is 5.82 Å². The molecular weight excluding hydrogens is 265 g/mol. The van der Waals surface area contributed by atoms with Gasteiger partial charge in [-0.05, 0) is 25.1 Å². The lowest BCUT2D eigenvalue weighted by Crippen LogP contribution is -2.22. The first kappa shape index (κ1) is 18.3. The highest BCUT2D eigenvalue weighted by molar-refractivity contribution is 5.62. The molecule has 1 unspecified atom stereocenters. The van der Waals surface area contributed by atoms with E-state index in [-0.39, 0.29) is 5.75 Å². The zero-order valence-electron chi connectivity index (χ0n) is 11.8. The van der Waals surface area contributed by atoms with Gasteiger partial charge in [0, 0.05) is 25.1 Å². The van der Waals surface area contributed by atoms with Gasteiger partial charge in [-0.1, -0.05) is 13.3 Å². The van der Waals surface area contributed by atoms with Crippen LogP contribution < -0.4 is 5.32 Å². The Balaban J connectivity index is 0.000000796. The number of aromatic hydroxyl groups is 1. The van der Waals surface area contributed by atoms with Crippen molar-refractivity contribution in [3.63, 3.8) is 0 Å². The number of carboxylic acid groups (broad SMARTS) is 1. The average Bonchev–Trinajstić information content (AvgIpc) is 2.33. The fraction of sp³-hybridized carbons (Fsp3) is 0.500. The number of hydrogen-bond acceptors (Lipinski definition) is 4. The summed E-state index contributed by atoms with van der Waals surface area (Å²) in [5.41, 5.74) is 0.352. The second-order valence-corrected chi connectivity index (χ2v) is 4.30. The Labute approximate surface area is 118 Å². The van der Waals surface area contributed by atoms with Gasteiger partial charge in [0.25, 0.3) is 5.97 Å². The van der Waals surface area contributed by atoms with Gasteiger partial charge in [-0.2, -0.15) is 0 Å². The van der Waals surface area contributed by atoms with Crippen LogP contribution in [-0.4, -0.2) is 34.4 Å². The van der Waals surface area contributed by atoms with Crippen LogP contribution in [0.4, 0.5) is 4.39 Å². The molecule has 0 aliphatic heterocycles. The van der Waals surface area contributed by atoms with E-state index in [0.29, 0.717) is 12.1 Å². The minimum atomic E-state index is -0.833. The molecule has 1 aromatic carbocycles. The number of unbranched alkanes of at least 4 members (excludes halogenated alkanes) is 1. The van der Waals surface area contributed by atoms with Crippen LogP contribution in [0.2, 0.25) is 0 Å². The van der Waals surface area contributed by atoms with Crippen molar-refractivity contribution in [3.8, 4) is 5.75 Å². The molecule has 6 heteroatoms. The molecule has 0 saturated heterocycles. The van der Waals surface area contributed by atoms with Crippen molar-refractivity contribution in [2.45, 2.75) is 32.8 Å². The number of halogens is 1. The molecule has 0 aliphatic rings.